The van der Waals surface area contributed by atoms with Crippen molar-refractivity contribution >= 4 is 32.8 Å². The molecule has 1 aliphatic heterocycles. The number of hydrogen-bond donors (Lipinski definition) is 1. The van der Waals surface area contributed by atoms with E-state index < -0.39 is 10.0 Å². The zero-order valence-corrected chi connectivity index (χ0v) is 11.6. The van der Waals surface area contributed by atoms with Gasteiger partial charge in [-0.15, -0.1) is 11.3 Å². The maximum Gasteiger partial charge on any atom is 0.247 e. The third kappa shape index (κ3) is 2.80. The third-order valence-corrected chi connectivity index (χ3v) is 5.43. The van der Waals surface area contributed by atoms with Gasteiger partial charge < -0.3 is 4.90 Å². The van der Waals surface area contributed by atoms with E-state index >= 15 is 0 Å². The molecule has 0 bridgehead atoms. The van der Waals surface area contributed by atoms with Crippen LogP contribution in [0.1, 0.15) is 18.2 Å². The lowest BCUT2D eigenvalue weighted by Crippen LogP contribution is -2.32. The maximum absolute atomic E-state index is 11.2. The molecule has 18 heavy (non-hydrogen) atoms. The lowest BCUT2D eigenvalue weighted by Gasteiger charge is -2.24. The Balaban J connectivity index is 2.19. The number of nitrogens with two attached hydrogens (primary N) is 1. The highest BCUT2D eigenvalue weighted by molar-refractivity contribution is 7.91. The Morgan fingerprint density at radius 2 is 2.17 bits per heavy atom. The summed E-state index contributed by atoms with van der Waals surface area (Å²) in [6.07, 6.45) is 2.70. The van der Waals surface area contributed by atoms with Gasteiger partial charge >= 0.3 is 0 Å². The minimum absolute atomic E-state index is 0.0571. The molecule has 0 aliphatic carbocycles. The Labute approximate surface area is 110 Å². The average molecular weight is 286 g/mol. The molecule has 1 aliphatic rings. The van der Waals surface area contributed by atoms with Crippen molar-refractivity contribution in [1.82, 2.24) is 4.90 Å². The number of carbonyl (C=O) groups excluding carboxylic acids is 1. The molecule has 0 saturated carbocycles. The predicted octanol–water partition coefficient (Wildman–Crippen LogP) is 1.03. The zero-order chi connectivity index (χ0) is 13.3. The van der Waals surface area contributed by atoms with Gasteiger partial charge in [-0.3, -0.25) is 4.79 Å². The lowest BCUT2D eigenvalue weighted by molar-refractivity contribution is -0.128. The monoisotopic (exact) mass is 286 g/mol. The minimum atomic E-state index is -3.62. The Morgan fingerprint density at radius 1 is 1.44 bits per heavy atom. The molecule has 0 atom stereocenters. The van der Waals surface area contributed by atoms with E-state index in [9.17, 15) is 13.2 Å². The van der Waals surface area contributed by atoms with E-state index in [1.165, 1.54) is 17.4 Å². The largest absolute Gasteiger partial charge is 0.339 e. The van der Waals surface area contributed by atoms with E-state index in [4.69, 9.17) is 5.14 Å². The van der Waals surface area contributed by atoms with Crippen molar-refractivity contribution < 1.29 is 13.2 Å². The van der Waals surface area contributed by atoms with Gasteiger partial charge in [-0.2, -0.15) is 0 Å². The van der Waals surface area contributed by atoms with Gasteiger partial charge in [-0.1, -0.05) is 6.08 Å². The molecule has 0 saturated heterocycles. The molecule has 2 rings (SSSR count). The van der Waals surface area contributed by atoms with E-state index in [0.717, 1.165) is 16.9 Å². The van der Waals surface area contributed by atoms with E-state index in [-0.39, 0.29) is 10.1 Å². The molecule has 0 unspecified atom stereocenters. The normalized spacial score (nSPS) is 16.6. The fraction of sp³-hybridized carbons (Fsp3) is 0.364. The summed E-state index contributed by atoms with van der Waals surface area (Å²) in [6, 6.07) is 3.28. The summed E-state index contributed by atoms with van der Waals surface area (Å²) in [5.74, 6) is 0.0571. The summed E-state index contributed by atoms with van der Waals surface area (Å²) in [6.45, 7) is 2.79. The van der Waals surface area contributed by atoms with Crippen molar-refractivity contribution in [2.45, 2.75) is 17.6 Å². The molecule has 1 aromatic rings. The van der Waals surface area contributed by atoms with E-state index in [0.29, 0.717) is 13.1 Å². The quantitative estimate of drug-likeness (QED) is 0.881. The average Bonchev–Trinajstić information content (AvgIpc) is 2.78. The summed E-state index contributed by atoms with van der Waals surface area (Å²) in [4.78, 5) is 13.8. The Bertz CT molecular complexity index is 602. The number of nitrogens with zero attached hydrogens (tertiary/aromatic N) is 1. The van der Waals surface area contributed by atoms with Crippen molar-refractivity contribution in [2.24, 2.45) is 5.14 Å². The molecule has 0 fully saturated rings. The summed E-state index contributed by atoms with van der Waals surface area (Å²) < 4.78 is 22.5. The van der Waals surface area contributed by atoms with E-state index in [1.807, 2.05) is 6.08 Å². The Kier molecular flexibility index (Phi) is 3.56. The highest BCUT2D eigenvalue weighted by atomic mass is 32.2. The Hall–Kier alpha value is -1.18. The fourth-order valence-electron chi connectivity index (χ4n) is 1.82. The van der Waals surface area contributed by atoms with Crippen LogP contribution in [-0.2, 0) is 14.8 Å². The number of rotatable bonds is 2. The molecular formula is C11H14N2O3S2. The van der Waals surface area contributed by atoms with Gasteiger partial charge in [0.15, 0.2) is 0 Å². The van der Waals surface area contributed by atoms with Crippen LogP contribution < -0.4 is 5.14 Å². The van der Waals surface area contributed by atoms with Gasteiger partial charge in [0.05, 0.1) is 0 Å². The van der Waals surface area contributed by atoms with Crippen LogP contribution in [0.3, 0.4) is 0 Å². The van der Waals surface area contributed by atoms with Gasteiger partial charge in [0, 0.05) is 24.9 Å². The molecular weight excluding hydrogens is 272 g/mol. The van der Waals surface area contributed by atoms with Gasteiger partial charge in [-0.25, -0.2) is 13.6 Å². The van der Waals surface area contributed by atoms with Crippen LogP contribution in [0.4, 0.5) is 0 Å². The predicted molar refractivity (Wildman–Crippen MR) is 70.5 cm³/mol. The first kappa shape index (κ1) is 13.3. The van der Waals surface area contributed by atoms with Crippen LogP contribution in [0.25, 0.3) is 5.57 Å². The van der Waals surface area contributed by atoms with Gasteiger partial charge in [0.1, 0.15) is 4.21 Å². The molecule has 0 spiro atoms. The second-order valence-electron chi connectivity index (χ2n) is 4.11. The van der Waals surface area contributed by atoms with Crippen molar-refractivity contribution in [3.63, 3.8) is 0 Å². The standard InChI is InChI=1S/C11H14N2O3S2/c1-8(14)13-6-4-9(5-7-13)10-2-3-11(17-10)18(12,15)16/h2-4H,5-7H2,1H3,(H2,12,15,16). The smallest absolute Gasteiger partial charge is 0.247 e. The highest BCUT2D eigenvalue weighted by Crippen LogP contribution is 2.30. The topological polar surface area (TPSA) is 80.5 Å². The minimum Gasteiger partial charge on any atom is -0.339 e. The van der Waals surface area contributed by atoms with Crippen LogP contribution in [-0.4, -0.2) is 32.3 Å². The molecule has 0 radical (unpaired) electrons. The van der Waals surface area contributed by atoms with Gasteiger partial charge in [-0.05, 0) is 24.1 Å². The fourth-order valence-corrected chi connectivity index (χ4v) is 3.62. The van der Waals surface area contributed by atoms with Gasteiger partial charge in [0.2, 0.25) is 15.9 Å². The van der Waals surface area contributed by atoms with E-state index in [2.05, 4.69) is 0 Å². The molecule has 1 amide bonds. The first-order chi connectivity index (χ1) is 8.38. The molecule has 7 heteroatoms. The highest BCUT2D eigenvalue weighted by Gasteiger charge is 2.18. The summed E-state index contributed by atoms with van der Waals surface area (Å²) >= 11 is 1.17. The molecule has 2 heterocycles. The van der Waals surface area contributed by atoms with Crippen LogP contribution >= 0.6 is 11.3 Å². The van der Waals surface area contributed by atoms with Crippen LogP contribution in [0.15, 0.2) is 22.4 Å². The van der Waals surface area contributed by atoms with Crippen molar-refractivity contribution in [3.05, 3.63) is 23.1 Å². The van der Waals surface area contributed by atoms with Crippen molar-refractivity contribution in [3.8, 4) is 0 Å². The molecule has 1 aromatic heterocycles. The number of carbonyl (C=O) groups is 1. The summed E-state index contributed by atoms with van der Waals surface area (Å²) in [7, 11) is -3.62. The summed E-state index contributed by atoms with van der Waals surface area (Å²) in [5.41, 5.74) is 1.08. The number of thiophene rings is 1. The Morgan fingerprint density at radius 3 is 2.61 bits per heavy atom. The van der Waals surface area contributed by atoms with E-state index in [1.54, 1.807) is 17.9 Å². The SMILES string of the molecule is CC(=O)N1CC=C(c2ccc(S(N)(=O)=O)s2)CC1. The van der Waals surface area contributed by atoms with Crippen molar-refractivity contribution in [1.29, 1.82) is 0 Å². The molecule has 98 valence electrons. The van der Waals surface area contributed by atoms with Crippen molar-refractivity contribution in [2.75, 3.05) is 13.1 Å². The number of sulfonamides is 1. The maximum atomic E-state index is 11.2. The van der Waals surface area contributed by atoms with Crippen LogP contribution in [0.2, 0.25) is 0 Å². The summed E-state index contributed by atoms with van der Waals surface area (Å²) in [5, 5.41) is 5.07. The lowest BCUT2D eigenvalue weighted by atomic mass is 10.1. The second kappa shape index (κ2) is 4.83. The van der Waals surface area contributed by atoms with Crippen LogP contribution in [0.5, 0.6) is 0 Å². The number of hydrogen-bond acceptors (Lipinski definition) is 4. The molecule has 2 N–H and O–H groups in total. The first-order valence-corrected chi connectivity index (χ1v) is 7.82. The molecule has 5 nitrogen and oxygen atoms in total. The molecule has 0 aromatic carbocycles. The number of primary sulfonamides is 1. The zero-order valence-electron chi connectivity index (χ0n) is 9.92. The first-order valence-electron chi connectivity index (χ1n) is 5.45. The number of amides is 1. The second-order valence-corrected chi connectivity index (χ2v) is 6.98. The van der Waals surface area contributed by atoms with Crippen LogP contribution in [0, 0.1) is 0 Å². The third-order valence-electron chi connectivity index (χ3n) is 2.83. The van der Waals surface area contributed by atoms with Gasteiger partial charge in [0.25, 0.3) is 0 Å².